The zero-order valence-corrected chi connectivity index (χ0v) is 12.4. The van der Waals surface area contributed by atoms with Gasteiger partial charge in [0.15, 0.2) is 0 Å². The first-order valence-corrected chi connectivity index (χ1v) is 7.23. The second kappa shape index (κ2) is 5.39. The summed E-state index contributed by atoms with van der Waals surface area (Å²) in [5.74, 6) is 0. The summed E-state index contributed by atoms with van der Waals surface area (Å²) >= 11 is 5.89. The lowest BCUT2D eigenvalue weighted by Crippen LogP contribution is -2.47. The molecular formula is C16H16ClN3O. The molecule has 0 bridgehead atoms. The van der Waals surface area contributed by atoms with Gasteiger partial charge in [0, 0.05) is 5.02 Å². The van der Waals surface area contributed by atoms with Gasteiger partial charge in [-0.15, -0.1) is 0 Å². The van der Waals surface area contributed by atoms with Crippen LogP contribution in [0.1, 0.15) is 18.9 Å². The average molecular weight is 302 g/mol. The Morgan fingerprint density at radius 2 is 1.76 bits per heavy atom. The number of halogens is 1. The molecule has 0 saturated carbocycles. The average Bonchev–Trinajstić information content (AvgIpc) is 2.87. The van der Waals surface area contributed by atoms with Crippen molar-refractivity contribution < 1.29 is 4.79 Å². The number of anilines is 1. The third-order valence-electron chi connectivity index (χ3n) is 3.71. The molecule has 1 heterocycles. The Hall–Kier alpha value is -2.04. The van der Waals surface area contributed by atoms with Gasteiger partial charge >= 0.3 is 6.03 Å². The molecule has 0 aliphatic carbocycles. The topological polar surface area (TPSA) is 44.4 Å². The summed E-state index contributed by atoms with van der Waals surface area (Å²) < 4.78 is 0. The van der Waals surface area contributed by atoms with Gasteiger partial charge in [-0.3, -0.25) is 0 Å². The fourth-order valence-electron chi connectivity index (χ4n) is 2.51. The molecule has 2 amide bonds. The van der Waals surface area contributed by atoms with Gasteiger partial charge in [-0.2, -0.15) is 5.43 Å². The number of rotatable bonds is 3. The van der Waals surface area contributed by atoms with E-state index in [4.69, 9.17) is 11.6 Å². The molecule has 1 fully saturated rings. The van der Waals surface area contributed by atoms with Crippen LogP contribution in [0.5, 0.6) is 0 Å². The van der Waals surface area contributed by atoms with Crippen LogP contribution in [0.15, 0.2) is 54.6 Å². The van der Waals surface area contributed by atoms with E-state index in [1.807, 2.05) is 49.4 Å². The lowest BCUT2D eigenvalue weighted by atomic mass is 9.98. The molecule has 1 saturated heterocycles. The molecule has 1 unspecified atom stereocenters. The number of hydrogen-bond acceptors (Lipinski definition) is 2. The van der Waals surface area contributed by atoms with Crippen LogP contribution >= 0.6 is 11.6 Å². The van der Waals surface area contributed by atoms with Crippen LogP contribution in [0.25, 0.3) is 0 Å². The van der Waals surface area contributed by atoms with E-state index in [0.29, 0.717) is 5.02 Å². The second-order valence-electron chi connectivity index (χ2n) is 4.98. The Balaban J connectivity index is 1.94. The first-order valence-electron chi connectivity index (χ1n) is 6.86. The maximum absolute atomic E-state index is 12.3. The lowest BCUT2D eigenvalue weighted by molar-refractivity contribution is 0.245. The molecule has 0 spiro atoms. The Bertz CT molecular complexity index is 644. The number of carbonyl (C=O) groups excluding carboxylic acids is 1. The molecule has 2 aromatic carbocycles. The van der Waals surface area contributed by atoms with Crippen molar-refractivity contribution in [2.45, 2.75) is 19.0 Å². The molecule has 5 heteroatoms. The van der Waals surface area contributed by atoms with Crippen molar-refractivity contribution in [2.24, 2.45) is 0 Å². The molecule has 108 valence electrons. The summed E-state index contributed by atoms with van der Waals surface area (Å²) in [6.45, 7) is 2.03. The smallest absolute Gasteiger partial charge is 0.313 e. The van der Waals surface area contributed by atoms with Crippen molar-refractivity contribution in [3.63, 3.8) is 0 Å². The van der Waals surface area contributed by atoms with Crippen molar-refractivity contribution in [3.05, 3.63) is 65.2 Å². The quantitative estimate of drug-likeness (QED) is 0.909. The highest BCUT2D eigenvalue weighted by molar-refractivity contribution is 6.30. The van der Waals surface area contributed by atoms with E-state index < -0.39 is 5.66 Å². The SMILES string of the molecule is CCC1(c2ccccc2)NC(=O)N(c2ccc(Cl)cc2)N1. The normalized spacial score (nSPS) is 21.4. The molecule has 2 N–H and O–H groups in total. The van der Waals surface area contributed by atoms with Crippen LogP contribution in [0.2, 0.25) is 5.02 Å². The van der Waals surface area contributed by atoms with Gasteiger partial charge < -0.3 is 5.32 Å². The van der Waals surface area contributed by atoms with Crippen molar-refractivity contribution in [1.82, 2.24) is 10.7 Å². The Kier molecular flexibility index (Phi) is 3.57. The number of hydrogen-bond donors (Lipinski definition) is 2. The fraction of sp³-hybridized carbons (Fsp3) is 0.188. The predicted molar refractivity (Wildman–Crippen MR) is 84.0 cm³/mol. The molecule has 3 rings (SSSR count). The summed E-state index contributed by atoms with van der Waals surface area (Å²) in [6, 6.07) is 16.9. The van der Waals surface area contributed by atoms with Gasteiger partial charge in [-0.05, 0) is 36.2 Å². The minimum atomic E-state index is -0.585. The van der Waals surface area contributed by atoms with Gasteiger partial charge in [-0.1, -0.05) is 48.9 Å². The molecule has 1 aliphatic rings. The lowest BCUT2D eigenvalue weighted by Gasteiger charge is -2.28. The number of benzene rings is 2. The van der Waals surface area contributed by atoms with Crippen LogP contribution in [-0.2, 0) is 5.66 Å². The number of carbonyl (C=O) groups is 1. The van der Waals surface area contributed by atoms with E-state index in [1.54, 1.807) is 12.1 Å². The van der Waals surface area contributed by atoms with E-state index in [2.05, 4.69) is 10.7 Å². The largest absolute Gasteiger partial charge is 0.338 e. The Morgan fingerprint density at radius 3 is 2.38 bits per heavy atom. The predicted octanol–water partition coefficient (Wildman–Crippen LogP) is 3.64. The molecule has 0 aromatic heterocycles. The van der Waals surface area contributed by atoms with Crippen LogP contribution < -0.4 is 15.8 Å². The van der Waals surface area contributed by atoms with E-state index in [-0.39, 0.29) is 6.03 Å². The van der Waals surface area contributed by atoms with E-state index in [0.717, 1.165) is 17.7 Å². The number of nitrogens with zero attached hydrogens (tertiary/aromatic N) is 1. The zero-order chi connectivity index (χ0) is 14.9. The first kappa shape index (κ1) is 13.9. The van der Waals surface area contributed by atoms with Crippen molar-refractivity contribution in [2.75, 3.05) is 5.01 Å². The highest BCUT2D eigenvalue weighted by atomic mass is 35.5. The van der Waals surface area contributed by atoms with Gasteiger partial charge in [0.1, 0.15) is 5.66 Å². The first-order chi connectivity index (χ1) is 10.1. The minimum absolute atomic E-state index is 0.178. The standard InChI is InChI=1S/C16H16ClN3O/c1-2-16(12-6-4-3-5-7-12)18-15(21)20(19-16)14-10-8-13(17)9-11-14/h3-11,19H,2H2,1H3,(H,18,21). The van der Waals surface area contributed by atoms with Gasteiger partial charge in [-0.25, -0.2) is 9.80 Å². The maximum atomic E-state index is 12.3. The zero-order valence-electron chi connectivity index (χ0n) is 11.6. The van der Waals surface area contributed by atoms with Crippen LogP contribution in [0, 0.1) is 0 Å². The summed E-state index contributed by atoms with van der Waals surface area (Å²) in [6.07, 6.45) is 0.729. The van der Waals surface area contributed by atoms with Crippen molar-refractivity contribution >= 4 is 23.3 Å². The summed E-state index contributed by atoms with van der Waals surface area (Å²) in [4.78, 5) is 12.3. The molecule has 1 atom stereocenters. The second-order valence-corrected chi connectivity index (χ2v) is 5.42. The third-order valence-corrected chi connectivity index (χ3v) is 3.96. The molecule has 4 nitrogen and oxygen atoms in total. The molecule has 1 aliphatic heterocycles. The molecule has 0 radical (unpaired) electrons. The number of amides is 2. The summed E-state index contributed by atoms with van der Waals surface area (Å²) in [5, 5.41) is 5.20. The fourth-order valence-corrected chi connectivity index (χ4v) is 2.64. The van der Waals surface area contributed by atoms with Gasteiger partial charge in [0.05, 0.1) is 5.69 Å². The van der Waals surface area contributed by atoms with Crippen molar-refractivity contribution in [3.8, 4) is 0 Å². The minimum Gasteiger partial charge on any atom is -0.313 e. The molecule has 21 heavy (non-hydrogen) atoms. The van der Waals surface area contributed by atoms with E-state index in [9.17, 15) is 4.79 Å². The monoisotopic (exact) mass is 301 g/mol. The Labute approximate surface area is 128 Å². The van der Waals surface area contributed by atoms with E-state index in [1.165, 1.54) is 5.01 Å². The van der Waals surface area contributed by atoms with Gasteiger partial charge in [0.2, 0.25) is 0 Å². The van der Waals surface area contributed by atoms with Crippen LogP contribution in [-0.4, -0.2) is 6.03 Å². The maximum Gasteiger partial charge on any atom is 0.338 e. The van der Waals surface area contributed by atoms with E-state index >= 15 is 0 Å². The number of nitrogens with one attached hydrogen (secondary N) is 2. The Morgan fingerprint density at radius 1 is 1.10 bits per heavy atom. The molecular weight excluding hydrogens is 286 g/mol. The summed E-state index contributed by atoms with van der Waals surface area (Å²) in [5.41, 5.74) is 4.48. The summed E-state index contributed by atoms with van der Waals surface area (Å²) in [7, 11) is 0. The number of hydrazine groups is 1. The highest BCUT2D eigenvalue weighted by Gasteiger charge is 2.42. The van der Waals surface area contributed by atoms with Crippen molar-refractivity contribution in [1.29, 1.82) is 0 Å². The molecule has 2 aromatic rings. The van der Waals surface area contributed by atoms with Gasteiger partial charge in [0.25, 0.3) is 0 Å². The van der Waals surface area contributed by atoms with Crippen LogP contribution in [0.3, 0.4) is 0 Å². The third kappa shape index (κ3) is 2.48. The number of urea groups is 1. The van der Waals surface area contributed by atoms with Crippen LogP contribution in [0.4, 0.5) is 10.5 Å². The highest BCUT2D eigenvalue weighted by Crippen LogP contribution is 2.29.